The number of rotatable bonds is 15. The van der Waals surface area contributed by atoms with Crippen LogP contribution in [0.25, 0.3) is 50.2 Å². The number of ether oxygens (including phenoxy) is 3. The van der Waals surface area contributed by atoms with Gasteiger partial charge in [0.25, 0.3) is 0 Å². The van der Waals surface area contributed by atoms with Crippen LogP contribution in [0.4, 0.5) is 0 Å². The van der Waals surface area contributed by atoms with Gasteiger partial charge in [0.15, 0.2) is 0 Å². The molecule has 0 amide bonds. The molecule has 12 aromatic rings. The molecule has 9 aromatic carbocycles. The van der Waals surface area contributed by atoms with E-state index in [2.05, 4.69) is 78.4 Å². The van der Waals surface area contributed by atoms with Crippen LogP contribution in [0.5, 0.6) is 17.2 Å². The van der Waals surface area contributed by atoms with Gasteiger partial charge in [0.2, 0.25) is 18.3 Å². The van der Waals surface area contributed by atoms with E-state index >= 15 is 0 Å². The third-order valence-corrected chi connectivity index (χ3v) is 14.3. The van der Waals surface area contributed by atoms with E-state index < -0.39 is 36.2 Å². The number of aromatic nitrogens is 9. The first kappa shape index (κ1) is 65.8. The number of nitrogens with zero attached hydrogens (tertiary/aromatic N) is 9. The molecule has 0 radical (unpaired) electrons. The quantitative estimate of drug-likeness (QED) is 0.0866. The third-order valence-electron chi connectivity index (χ3n) is 12.1. The van der Waals surface area contributed by atoms with Crippen LogP contribution in [0.3, 0.4) is 0 Å². The minimum atomic E-state index is -1.21. The van der Waals surface area contributed by atoms with E-state index in [0.717, 1.165) is 13.4 Å². The zero-order valence-corrected chi connectivity index (χ0v) is 49.9. The van der Waals surface area contributed by atoms with Crippen LogP contribution >= 0.6 is 82.6 Å². The lowest BCUT2D eigenvalue weighted by Gasteiger charge is -2.18. The number of carbonyl (C=O) groups is 3. The van der Waals surface area contributed by atoms with Gasteiger partial charge in [0.1, 0.15) is 67.4 Å². The normalized spacial score (nSPS) is 11.7. The fraction of sp³-hybridized carbons (Fsp3) is 0.0952. The van der Waals surface area contributed by atoms with Gasteiger partial charge in [-0.05, 0) is 127 Å². The number of carboxylic acid groups (broad SMARTS) is 3. The first-order chi connectivity index (χ1) is 40.5. The molecule has 0 spiro atoms. The number of carboxylic acids is 3. The molecule has 0 aliphatic carbocycles. The second-order valence-corrected chi connectivity index (χ2v) is 22.0. The molecular weight excluding hydrogens is 1370 g/mol. The molecule has 0 saturated heterocycles. The third kappa shape index (κ3) is 16.0. The van der Waals surface area contributed by atoms with Crippen molar-refractivity contribution in [2.45, 2.75) is 40.6 Å². The monoisotopic (exact) mass is 1420 g/mol. The van der Waals surface area contributed by atoms with E-state index in [1.807, 2.05) is 91.0 Å². The Labute approximate surface area is 538 Å². The topological polar surface area (TPSA) is 232 Å². The molecule has 12 rings (SSSR count). The molecule has 0 fully saturated rings. The molecule has 0 bridgehead atoms. The van der Waals surface area contributed by atoms with Gasteiger partial charge in [0, 0.05) is 45.2 Å². The van der Waals surface area contributed by atoms with Gasteiger partial charge in [-0.25, -0.2) is 14.4 Å². The largest absolute Gasteiger partial charge is 0.478 e. The zero-order valence-electron chi connectivity index (χ0n) is 42.9. The Morgan fingerprint density at radius 3 is 0.782 bits per heavy atom. The number of halogens is 6. The van der Waals surface area contributed by atoms with Gasteiger partial charge in [-0.15, -0.1) is 45.0 Å². The Hall–Kier alpha value is -8.70. The Morgan fingerprint density at radius 1 is 0.345 bits per heavy atom. The molecule has 0 saturated carbocycles. The molecule has 0 aliphatic heterocycles. The second-order valence-electron chi connectivity index (χ2n) is 17.9. The van der Waals surface area contributed by atoms with Crippen LogP contribution in [-0.4, -0.2) is 78.2 Å². The lowest BCUT2D eigenvalue weighted by atomic mass is 10.1. The molecule has 3 heterocycles. The average molecular weight is 1420 g/mol. The SMILES string of the molecule is C.C.C.O=C(O)C(Oc1ccc(Cl)cc1-n1nc2ccccc2n1)c1cccc(Br)c1.O=C(O)C(Oc1ccc(Cl)cc1-n1nc2ccccc2n1)c1cccc(Br)c1.O=C(O)C(Oc1ccc(Cl)cc1-n1nc2ccccc2n1)c1cccc(Br)c1. The van der Waals surface area contributed by atoms with Crippen molar-refractivity contribution in [2.75, 3.05) is 0 Å². The summed E-state index contributed by atoms with van der Waals surface area (Å²) in [6.45, 7) is 0. The lowest BCUT2D eigenvalue weighted by molar-refractivity contribution is -0.146. The standard InChI is InChI=1S/3C20H13BrClN3O3.3CH4/c3*21-13-5-3-4-12(10-13)19(20(26)27)28-18-9-8-14(22)11-17(18)25-23-15-6-1-2-7-16(15)24-25;;;/h3*1-11,19H,(H,26,27);3*1H4. The molecule has 87 heavy (non-hydrogen) atoms. The summed E-state index contributed by atoms with van der Waals surface area (Å²) in [6.07, 6.45) is -3.62. The van der Waals surface area contributed by atoms with Crippen LogP contribution in [-0.2, 0) is 14.4 Å². The Kier molecular flexibility index (Phi) is 22.4. The van der Waals surface area contributed by atoms with Gasteiger partial charge in [-0.2, -0.15) is 0 Å². The average Bonchev–Trinajstić information content (AvgIpc) is 2.71. The summed E-state index contributed by atoms with van der Waals surface area (Å²) in [5, 5.41) is 57.1. The number of aliphatic carboxylic acids is 3. The van der Waals surface area contributed by atoms with Crippen LogP contribution in [0.15, 0.2) is 214 Å². The van der Waals surface area contributed by atoms with E-state index in [4.69, 9.17) is 49.0 Å². The van der Waals surface area contributed by atoms with Crippen molar-refractivity contribution in [3.05, 3.63) is 245 Å². The maximum Gasteiger partial charge on any atom is 0.349 e. The molecule has 18 nitrogen and oxygen atoms in total. The van der Waals surface area contributed by atoms with Crippen molar-refractivity contribution in [2.24, 2.45) is 0 Å². The summed E-state index contributed by atoms with van der Waals surface area (Å²) >= 11 is 28.5. The van der Waals surface area contributed by atoms with Gasteiger partial charge in [0.05, 0.1) is 0 Å². The minimum absolute atomic E-state index is 0. The van der Waals surface area contributed by atoms with Gasteiger partial charge in [-0.3, -0.25) is 0 Å². The van der Waals surface area contributed by atoms with Crippen LogP contribution in [0, 0.1) is 0 Å². The van der Waals surface area contributed by atoms with Crippen molar-refractivity contribution < 1.29 is 43.9 Å². The molecular formula is C63H51Br3Cl3N9O9. The Bertz CT molecular complexity index is 3880. The number of hydrogen-bond acceptors (Lipinski definition) is 12. The second kappa shape index (κ2) is 29.6. The van der Waals surface area contributed by atoms with E-state index in [1.54, 1.807) is 109 Å². The number of benzene rings is 9. The first-order valence-electron chi connectivity index (χ1n) is 24.8. The highest BCUT2D eigenvalue weighted by Gasteiger charge is 2.28. The highest BCUT2D eigenvalue weighted by Crippen LogP contribution is 2.35. The highest BCUT2D eigenvalue weighted by molar-refractivity contribution is 9.11. The molecule has 24 heteroatoms. The Balaban J connectivity index is 0.000000183. The molecule has 3 aromatic heterocycles. The van der Waals surface area contributed by atoms with Crippen molar-refractivity contribution in [1.82, 2.24) is 45.0 Å². The van der Waals surface area contributed by atoms with Crippen molar-refractivity contribution in [3.8, 4) is 34.3 Å². The van der Waals surface area contributed by atoms with E-state index in [0.29, 0.717) is 99.2 Å². The van der Waals surface area contributed by atoms with E-state index in [-0.39, 0.29) is 22.3 Å². The summed E-state index contributed by atoms with van der Waals surface area (Å²) < 4.78 is 19.9. The number of fused-ring (bicyclic) bond motifs is 3. The fourth-order valence-electron chi connectivity index (χ4n) is 8.31. The minimum Gasteiger partial charge on any atom is -0.478 e. The fourth-order valence-corrected chi connectivity index (χ4v) is 10.1. The molecule has 3 atom stereocenters. The van der Waals surface area contributed by atoms with Crippen molar-refractivity contribution in [3.63, 3.8) is 0 Å². The smallest absolute Gasteiger partial charge is 0.349 e. The molecule has 3 unspecified atom stereocenters. The van der Waals surface area contributed by atoms with Crippen LogP contribution in [0.2, 0.25) is 15.1 Å². The maximum atomic E-state index is 11.9. The predicted octanol–water partition coefficient (Wildman–Crippen LogP) is 17.0. The van der Waals surface area contributed by atoms with E-state index in [1.165, 1.54) is 14.4 Å². The predicted molar refractivity (Wildman–Crippen MR) is 347 cm³/mol. The molecule has 0 aliphatic rings. The van der Waals surface area contributed by atoms with Crippen LogP contribution in [0.1, 0.15) is 57.3 Å². The summed E-state index contributed by atoms with van der Waals surface area (Å²) in [7, 11) is 0. The number of hydrogen-bond donors (Lipinski definition) is 3. The van der Waals surface area contributed by atoms with Crippen LogP contribution < -0.4 is 14.2 Å². The Morgan fingerprint density at radius 2 is 0.575 bits per heavy atom. The molecule has 3 N–H and O–H groups in total. The summed E-state index contributed by atoms with van der Waals surface area (Å²) in [6, 6.07) is 57.7. The maximum absolute atomic E-state index is 11.9. The van der Waals surface area contributed by atoms with E-state index in [9.17, 15) is 29.7 Å². The summed E-state index contributed by atoms with van der Waals surface area (Å²) in [5.41, 5.74) is 7.07. The zero-order chi connectivity index (χ0) is 59.0. The highest BCUT2D eigenvalue weighted by atomic mass is 79.9. The molecule has 444 valence electrons. The van der Waals surface area contributed by atoms with Crippen molar-refractivity contribution in [1.29, 1.82) is 0 Å². The summed E-state index contributed by atoms with van der Waals surface area (Å²) in [5.74, 6) is -2.43. The van der Waals surface area contributed by atoms with Gasteiger partial charge in [-0.1, -0.05) is 178 Å². The van der Waals surface area contributed by atoms with Crippen molar-refractivity contribution >= 4 is 134 Å². The van der Waals surface area contributed by atoms with Gasteiger partial charge < -0.3 is 29.5 Å². The lowest BCUT2D eigenvalue weighted by Crippen LogP contribution is -2.19. The first-order valence-corrected chi connectivity index (χ1v) is 28.4. The van der Waals surface area contributed by atoms with Gasteiger partial charge >= 0.3 is 17.9 Å². The summed E-state index contributed by atoms with van der Waals surface area (Å²) in [4.78, 5) is 39.8.